The van der Waals surface area contributed by atoms with E-state index in [9.17, 15) is 5.11 Å². The number of hydrogen-bond acceptors (Lipinski definition) is 5. The number of ether oxygens (including phenoxy) is 1. The summed E-state index contributed by atoms with van der Waals surface area (Å²) in [7, 11) is 0. The smallest absolute Gasteiger partial charge is 0.216 e. The largest absolute Gasteiger partial charge is 0.507 e. The highest BCUT2D eigenvalue weighted by Gasteiger charge is 2.09. The van der Waals surface area contributed by atoms with Crippen molar-refractivity contribution >= 4 is 30.0 Å². The average Bonchev–Trinajstić information content (AvgIpc) is 3.00. The van der Waals surface area contributed by atoms with E-state index in [1.807, 2.05) is 19.1 Å². The lowest BCUT2D eigenvalue weighted by Gasteiger charge is -2.06. The van der Waals surface area contributed by atoms with E-state index in [1.165, 1.54) is 10.9 Å². The molecule has 2 aromatic carbocycles. The van der Waals surface area contributed by atoms with Crippen LogP contribution in [-0.2, 0) is 0 Å². The first-order valence-electron chi connectivity index (χ1n) is 8.02. The number of H-pyrrole nitrogens is 1. The van der Waals surface area contributed by atoms with E-state index < -0.39 is 0 Å². The first-order valence-corrected chi connectivity index (χ1v) is 8.80. The van der Waals surface area contributed by atoms with E-state index in [0.717, 1.165) is 12.0 Å². The summed E-state index contributed by atoms with van der Waals surface area (Å²) >= 11 is 11.3. The fourth-order valence-electron chi connectivity index (χ4n) is 2.28. The van der Waals surface area contributed by atoms with E-state index in [4.69, 9.17) is 28.6 Å². The molecule has 0 fully saturated rings. The zero-order valence-corrected chi connectivity index (χ0v) is 15.6. The van der Waals surface area contributed by atoms with Gasteiger partial charge in [-0.25, -0.2) is 5.10 Å². The van der Waals surface area contributed by atoms with Crippen LogP contribution in [0.3, 0.4) is 0 Å². The van der Waals surface area contributed by atoms with Gasteiger partial charge in [-0.05, 0) is 42.9 Å². The van der Waals surface area contributed by atoms with Gasteiger partial charge in [0.05, 0.1) is 12.8 Å². The lowest BCUT2D eigenvalue weighted by Crippen LogP contribution is -1.97. The van der Waals surface area contributed by atoms with Gasteiger partial charge >= 0.3 is 0 Å². The van der Waals surface area contributed by atoms with Gasteiger partial charge in [0.1, 0.15) is 11.5 Å². The van der Waals surface area contributed by atoms with Crippen LogP contribution in [0.15, 0.2) is 47.6 Å². The van der Waals surface area contributed by atoms with Crippen LogP contribution in [0.25, 0.3) is 11.4 Å². The fraction of sp³-hybridized carbons (Fsp3) is 0.167. The molecule has 6 nitrogen and oxygen atoms in total. The minimum Gasteiger partial charge on any atom is -0.507 e. The molecule has 2 N–H and O–H groups in total. The fourth-order valence-corrected chi connectivity index (χ4v) is 2.65. The first kappa shape index (κ1) is 18.2. The van der Waals surface area contributed by atoms with Crippen molar-refractivity contribution < 1.29 is 9.84 Å². The maximum Gasteiger partial charge on any atom is 0.216 e. The molecule has 0 bridgehead atoms. The molecule has 134 valence electrons. The number of nitrogens with one attached hydrogen (secondary N) is 1. The van der Waals surface area contributed by atoms with Crippen LogP contribution in [0, 0.1) is 4.77 Å². The summed E-state index contributed by atoms with van der Waals surface area (Å²) in [4.78, 5) is 0. The summed E-state index contributed by atoms with van der Waals surface area (Å²) in [5.74, 6) is 1.21. The highest BCUT2D eigenvalue weighted by molar-refractivity contribution is 7.71. The summed E-state index contributed by atoms with van der Waals surface area (Å²) in [6, 6.07) is 12.3. The molecule has 0 spiro atoms. The Labute approximate surface area is 160 Å². The highest BCUT2D eigenvalue weighted by Crippen LogP contribution is 2.24. The average molecular weight is 389 g/mol. The normalized spacial score (nSPS) is 11.2. The molecule has 0 saturated heterocycles. The number of rotatable bonds is 6. The van der Waals surface area contributed by atoms with Crippen LogP contribution in [0.2, 0.25) is 5.02 Å². The molecule has 3 aromatic rings. The Hall–Kier alpha value is -2.64. The van der Waals surface area contributed by atoms with Gasteiger partial charge in [-0.1, -0.05) is 30.7 Å². The first-order chi connectivity index (χ1) is 12.6. The standard InChI is InChI=1S/C18H17ClN4O2S/c1-2-8-25-15-7-6-13(16(24)10-15)11-20-23-17(21-22-18(23)26)12-4-3-5-14(19)9-12/h3-7,9-11,24H,2,8H2,1H3,(H,22,26)/b20-11+. The minimum absolute atomic E-state index is 0.0710. The molecule has 0 atom stereocenters. The van der Waals surface area contributed by atoms with Crippen molar-refractivity contribution in [3.05, 3.63) is 57.8 Å². The number of aromatic hydroxyl groups is 1. The van der Waals surface area contributed by atoms with Crippen LogP contribution >= 0.6 is 23.8 Å². The summed E-state index contributed by atoms with van der Waals surface area (Å²) in [5, 5.41) is 22.0. The van der Waals surface area contributed by atoms with Crippen LogP contribution in [0.4, 0.5) is 0 Å². The minimum atomic E-state index is 0.0710. The second-order valence-electron chi connectivity index (χ2n) is 5.49. The number of aromatic nitrogens is 3. The summed E-state index contributed by atoms with van der Waals surface area (Å²) in [5.41, 5.74) is 1.31. The Bertz CT molecular complexity index is 997. The van der Waals surface area contributed by atoms with Crippen LogP contribution in [-0.4, -0.2) is 32.8 Å². The summed E-state index contributed by atoms with van der Waals surface area (Å²) in [6.07, 6.45) is 2.41. The van der Waals surface area contributed by atoms with Crippen molar-refractivity contribution in [1.29, 1.82) is 0 Å². The molecular weight excluding hydrogens is 372 g/mol. The molecule has 0 aliphatic carbocycles. The Balaban J connectivity index is 1.90. The molecule has 0 amide bonds. The lowest BCUT2D eigenvalue weighted by molar-refractivity contribution is 0.315. The van der Waals surface area contributed by atoms with Gasteiger partial charge in [-0.15, -0.1) is 0 Å². The molecule has 0 radical (unpaired) electrons. The molecule has 0 saturated carbocycles. The maximum atomic E-state index is 10.2. The van der Waals surface area contributed by atoms with Crippen molar-refractivity contribution in [1.82, 2.24) is 14.9 Å². The summed E-state index contributed by atoms with van der Waals surface area (Å²) < 4.78 is 7.30. The molecule has 1 heterocycles. The van der Waals surface area contributed by atoms with Crippen molar-refractivity contribution in [2.75, 3.05) is 6.61 Å². The third-order valence-corrected chi connectivity index (χ3v) is 4.02. The zero-order chi connectivity index (χ0) is 18.5. The van der Waals surface area contributed by atoms with Crippen molar-refractivity contribution in [2.45, 2.75) is 13.3 Å². The molecule has 8 heteroatoms. The lowest BCUT2D eigenvalue weighted by atomic mass is 10.2. The highest BCUT2D eigenvalue weighted by atomic mass is 35.5. The van der Waals surface area contributed by atoms with Crippen LogP contribution < -0.4 is 4.74 Å². The molecular formula is C18H17ClN4O2S. The SMILES string of the molecule is CCCOc1ccc(/C=N/n2c(-c3cccc(Cl)c3)n[nH]c2=S)c(O)c1. The number of hydrogen-bond donors (Lipinski definition) is 2. The second-order valence-corrected chi connectivity index (χ2v) is 6.31. The van der Waals surface area contributed by atoms with Crippen molar-refractivity contribution in [3.8, 4) is 22.9 Å². The Kier molecular flexibility index (Phi) is 5.70. The molecule has 0 aliphatic rings. The third kappa shape index (κ3) is 4.12. The Morgan fingerprint density at radius 3 is 2.92 bits per heavy atom. The number of phenols is 1. The van der Waals surface area contributed by atoms with Gasteiger partial charge in [-0.2, -0.15) is 14.9 Å². The van der Waals surface area contributed by atoms with Gasteiger partial charge in [0.2, 0.25) is 4.77 Å². The number of benzene rings is 2. The van der Waals surface area contributed by atoms with Gasteiger partial charge in [0.15, 0.2) is 5.82 Å². The maximum absolute atomic E-state index is 10.2. The zero-order valence-electron chi connectivity index (χ0n) is 14.0. The Morgan fingerprint density at radius 1 is 1.35 bits per heavy atom. The second kappa shape index (κ2) is 8.16. The van der Waals surface area contributed by atoms with Crippen molar-refractivity contribution in [2.24, 2.45) is 5.10 Å². The van der Waals surface area contributed by atoms with Gasteiger partial charge < -0.3 is 9.84 Å². The number of halogens is 1. The quantitative estimate of drug-likeness (QED) is 0.476. The van der Waals surface area contributed by atoms with E-state index >= 15 is 0 Å². The van der Waals surface area contributed by atoms with E-state index in [2.05, 4.69) is 15.3 Å². The number of aromatic amines is 1. The monoisotopic (exact) mass is 388 g/mol. The van der Waals surface area contributed by atoms with Gasteiger partial charge in [-0.3, -0.25) is 0 Å². The van der Waals surface area contributed by atoms with E-state index in [-0.39, 0.29) is 5.75 Å². The van der Waals surface area contributed by atoms with Crippen LogP contribution in [0.1, 0.15) is 18.9 Å². The molecule has 0 unspecified atom stereocenters. The summed E-state index contributed by atoms with van der Waals surface area (Å²) in [6.45, 7) is 2.62. The molecule has 3 rings (SSSR count). The third-order valence-electron chi connectivity index (χ3n) is 3.52. The van der Waals surface area contributed by atoms with E-state index in [1.54, 1.807) is 30.3 Å². The number of nitrogens with zero attached hydrogens (tertiary/aromatic N) is 3. The van der Waals surface area contributed by atoms with Crippen molar-refractivity contribution in [3.63, 3.8) is 0 Å². The van der Waals surface area contributed by atoms with Gasteiger partial charge in [0, 0.05) is 22.2 Å². The van der Waals surface area contributed by atoms with E-state index in [0.29, 0.717) is 33.5 Å². The topological polar surface area (TPSA) is 75.4 Å². The Morgan fingerprint density at radius 2 is 2.19 bits per heavy atom. The molecule has 0 aliphatic heterocycles. The number of phenolic OH excluding ortho intramolecular Hbond substituents is 1. The predicted molar refractivity (Wildman–Crippen MR) is 105 cm³/mol. The van der Waals surface area contributed by atoms with Crippen LogP contribution in [0.5, 0.6) is 11.5 Å². The predicted octanol–water partition coefficient (Wildman–Crippen LogP) is 4.64. The molecule has 1 aromatic heterocycles. The van der Waals surface area contributed by atoms with Gasteiger partial charge in [0.25, 0.3) is 0 Å². The molecule has 26 heavy (non-hydrogen) atoms.